The summed E-state index contributed by atoms with van der Waals surface area (Å²) >= 11 is 0. The summed E-state index contributed by atoms with van der Waals surface area (Å²) in [5.41, 5.74) is 2.56. The molecule has 1 aromatic rings. The van der Waals surface area contributed by atoms with Crippen molar-refractivity contribution in [2.24, 2.45) is 11.3 Å². The van der Waals surface area contributed by atoms with Crippen molar-refractivity contribution in [2.45, 2.75) is 55.5 Å². The molecule has 3 aliphatic carbocycles. The predicted molar refractivity (Wildman–Crippen MR) is 91.1 cm³/mol. The maximum atomic E-state index is 12.3. The maximum absolute atomic E-state index is 12.3. The Morgan fingerprint density at radius 3 is 2.92 bits per heavy atom. The van der Waals surface area contributed by atoms with E-state index in [0.717, 1.165) is 25.8 Å². The number of carboxylic acids is 1. The number of anilines is 1. The second kappa shape index (κ2) is 3.98. The van der Waals surface area contributed by atoms with Gasteiger partial charge in [-0.2, -0.15) is 0 Å². The summed E-state index contributed by atoms with van der Waals surface area (Å²) < 4.78 is 0. The van der Waals surface area contributed by atoms with Gasteiger partial charge in [-0.25, -0.2) is 0 Å². The fourth-order valence-electron chi connectivity index (χ4n) is 7.90. The number of hydrogen-bond donors (Lipinski definition) is 2. The molecule has 4 nitrogen and oxygen atoms in total. The summed E-state index contributed by atoms with van der Waals surface area (Å²) in [6.45, 7) is 2.33. The summed E-state index contributed by atoms with van der Waals surface area (Å²) in [6, 6.07) is 9.22. The smallest absolute Gasteiger partial charge is 0.308 e. The average Bonchev–Trinajstić information content (AvgIpc) is 3.13. The largest absolute Gasteiger partial charge is 0.481 e. The molecule has 7 rings (SSSR count). The number of nitrogens with one attached hydrogen (secondary N) is 1. The Morgan fingerprint density at radius 1 is 1.17 bits per heavy atom. The molecule has 1 aromatic carbocycles. The minimum absolute atomic E-state index is 0.00354. The van der Waals surface area contributed by atoms with E-state index in [2.05, 4.69) is 34.5 Å². The summed E-state index contributed by atoms with van der Waals surface area (Å²) in [4.78, 5) is 15.0. The number of carboxylic acid groups (broad SMARTS) is 1. The van der Waals surface area contributed by atoms with E-state index in [1.165, 1.54) is 37.1 Å². The lowest BCUT2D eigenvalue weighted by molar-refractivity contribution is -0.168. The quantitative estimate of drug-likeness (QED) is 0.834. The Morgan fingerprint density at radius 2 is 2.04 bits per heavy atom. The Bertz CT molecular complexity index is 764. The normalized spacial score (nSPS) is 47.7. The summed E-state index contributed by atoms with van der Waals surface area (Å²) in [7, 11) is 0. The van der Waals surface area contributed by atoms with Crippen LogP contribution >= 0.6 is 0 Å². The minimum Gasteiger partial charge on any atom is -0.481 e. The van der Waals surface area contributed by atoms with Crippen molar-refractivity contribution in [1.82, 2.24) is 4.90 Å². The van der Waals surface area contributed by atoms with Gasteiger partial charge in [0.05, 0.1) is 11.5 Å². The van der Waals surface area contributed by atoms with Crippen LogP contribution in [0.15, 0.2) is 24.3 Å². The van der Waals surface area contributed by atoms with Gasteiger partial charge in [-0.1, -0.05) is 18.2 Å². The average molecular weight is 324 g/mol. The molecule has 3 spiro atoms. The van der Waals surface area contributed by atoms with Gasteiger partial charge in [0, 0.05) is 17.1 Å². The zero-order chi connectivity index (χ0) is 16.2. The molecule has 0 unspecified atom stereocenters. The number of fused-ring (bicyclic) bond motifs is 3. The van der Waals surface area contributed by atoms with Crippen molar-refractivity contribution in [1.29, 1.82) is 0 Å². The number of para-hydroxylation sites is 1. The van der Waals surface area contributed by atoms with E-state index < -0.39 is 5.97 Å². The molecule has 126 valence electrons. The van der Waals surface area contributed by atoms with Crippen LogP contribution < -0.4 is 5.32 Å². The lowest BCUT2D eigenvalue weighted by Crippen LogP contribution is -2.76. The van der Waals surface area contributed by atoms with Gasteiger partial charge >= 0.3 is 5.97 Å². The number of aliphatic carboxylic acids is 1. The van der Waals surface area contributed by atoms with E-state index in [9.17, 15) is 9.90 Å². The van der Waals surface area contributed by atoms with Gasteiger partial charge in [0.1, 0.15) is 0 Å². The highest BCUT2D eigenvalue weighted by atomic mass is 16.4. The molecular weight excluding hydrogens is 300 g/mol. The highest BCUT2D eigenvalue weighted by Crippen LogP contribution is 2.74. The SMILES string of the molecule is O=C(O)[C@H]1C[C@@]23CCCN4CC[C@@]5(c6ccccc6N[C@]15CC2)[C@@H]43. The fourth-order valence-corrected chi connectivity index (χ4v) is 7.90. The molecule has 0 amide bonds. The number of hydrogen-bond acceptors (Lipinski definition) is 3. The molecule has 2 bridgehead atoms. The monoisotopic (exact) mass is 324 g/mol. The number of nitrogens with zero attached hydrogens (tertiary/aromatic N) is 1. The number of carbonyl (C=O) groups is 1. The first-order valence-corrected chi connectivity index (χ1v) is 9.48. The lowest BCUT2D eigenvalue weighted by atomic mass is 9.39. The van der Waals surface area contributed by atoms with E-state index in [1.54, 1.807) is 0 Å². The number of rotatable bonds is 1. The predicted octanol–water partition coefficient (Wildman–Crippen LogP) is 2.84. The molecule has 3 aliphatic heterocycles. The van der Waals surface area contributed by atoms with Crippen molar-refractivity contribution in [3.63, 3.8) is 0 Å². The van der Waals surface area contributed by atoms with Gasteiger partial charge in [0.2, 0.25) is 0 Å². The topological polar surface area (TPSA) is 52.6 Å². The van der Waals surface area contributed by atoms with E-state index in [1.807, 2.05) is 0 Å². The Balaban J connectivity index is 1.67. The number of piperidine rings is 1. The molecule has 24 heavy (non-hydrogen) atoms. The molecule has 3 heterocycles. The molecule has 2 N–H and O–H groups in total. The molecule has 5 fully saturated rings. The van der Waals surface area contributed by atoms with Gasteiger partial charge < -0.3 is 10.4 Å². The molecule has 0 aromatic heterocycles. The van der Waals surface area contributed by atoms with Gasteiger partial charge in [0.25, 0.3) is 0 Å². The summed E-state index contributed by atoms with van der Waals surface area (Å²) in [6.07, 6.45) is 6.65. The van der Waals surface area contributed by atoms with Crippen LogP contribution in [0.1, 0.15) is 44.1 Å². The van der Waals surface area contributed by atoms with Crippen LogP contribution in [-0.4, -0.2) is 40.6 Å². The Hall–Kier alpha value is -1.55. The van der Waals surface area contributed by atoms with E-state index >= 15 is 0 Å². The highest BCUT2D eigenvalue weighted by Gasteiger charge is 2.78. The van der Waals surface area contributed by atoms with Crippen molar-refractivity contribution in [3.05, 3.63) is 29.8 Å². The van der Waals surface area contributed by atoms with Crippen LogP contribution in [0.2, 0.25) is 0 Å². The van der Waals surface area contributed by atoms with Gasteiger partial charge in [-0.15, -0.1) is 0 Å². The van der Waals surface area contributed by atoms with E-state index in [-0.39, 0.29) is 22.3 Å². The van der Waals surface area contributed by atoms with Crippen molar-refractivity contribution in [2.75, 3.05) is 18.4 Å². The zero-order valence-corrected chi connectivity index (χ0v) is 13.9. The molecule has 3 saturated carbocycles. The first kappa shape index (κ1) is 13.7. The van der Waals surface area contributed by atoms with Gasteiger partial charge in [-0.3, -0.25) is 9.69 Å². The standard InChI is InChI=1S/C20H24N2O2/c23-16(24)14-12-18-6-3-10-22-11-9-19(17(18)22)13-4-1-2-5-15(13)21-20(14,19)8-7-18/h1-2,4-5,14,17,21H,3,6-12H2,(H,23,24)/t14-,17+,18-,19-,20-/m1/s1. The second-order valence-corrected chi connectivity index (χ2v) is 8.86. The van der Waals surface area contributed by atoms with Crippen LogP contribution in [-0.2, 0) is 10.2 Å². The first-order chi connectivity index (χ1) is 11.6. The van der Waals surface area contributed by atoms with Crippen LogP contribution in [0.3, 0.4) is 0 Å². The van der Waals surface area contributed by atoms with E-state index in [4.69, 9.17) is 0 Å². The van der Waals surface area contributed by atoms with Crippen molar-refractivity contribution in [3.8, 4) is 0 Å². The van der Waals surface area contributed by atoms with Crippen LogP contribution in [0, 0.1) is 11.3 Å². The van der Waals surface area contributed by atoms with Crippen molar-refractivity contribution >= 4 is 11.7 Å². The zero-order valence-electron chi connectivity index (χ0n) is 13.9. The Labute approximate surface area is 142 Å². The number of benzene rings is 1. The van der Waals surface area contributed by atoms with Crippen molar-refractivity contribution < 1.29 is 9.90 Å². The third-order valence-corrected chi connectivity index (χ3v) is 8.41. The van der Waals surface area contributed by atoms with Gasteiger partial charge in [-0.05, 0) is 68.7 Å². The lowest BCUT2D eigenvalue weighted by Gasteiger charge is -2.68. The molecule has 4 heteroatoms. The third-order valence-electron chi connectivity index (χ3n) is 8.41. The second-order valence-electron chi connectivity index (χ2n) is 8.86. The van der Waals surface area contributed by atoms with Crippen LogP contribution in [0.5, 0.6) is 0 Å². The summed E-state index contributed by atoms with van der Waals surface area (Å²) in [5.74, 6) is -0.843. The third kappa shape index (κ3) is 1.20. The molecular formula is C20H24N2O2. The minimum atomic E-state index is -0.587. The molecule has 6 aliphatic rings. The van der Waals surface area contributed by atoms with E-state index in [0.29, 0.717) is 6.04 Å². The Kier molecular flexibility index (Phi) is 2.28. The van der Waals surface area contributed by atoms with Crippen LogP contribution in [0.4, 0.5) is 5.69 Å². The summed E-state index contributed by atoms with van der Waals surface area (Å²) in [5, 5.41) is 13.9. The maximum Gasteiger partial charge on any atom is 0.308 e. The van der Waals surface area contributed by atoms with Crippen LogP contribution in [0.25, 0.3) is 0 Å². The molecule has 2 saturated heterocycles. The van der Waals surface area contributed by atoms with Gasteiger partial charge in [0.15, 0.2) is 0 Å². The fraction of sp³-hybridized carbons (Fsp3) is 0.650. The highest BCUT2D eigenvalue weighted by molar-refractivity contribution is 5.79. The first-order valence-electron chi connectivity index (χ1n) is 9.48. The molecule has 0 radical (unpaired) electrons. The molecule has 5 atom stereocenters.